The molecule has 14 heteroatoms. The molecule has 4 rings (SSSR count). The van der Waals surface area contributed by atoms with Gasteiger partial charge in [-0.3, -0.25) is 4.68 Å². The second-order valence-corrected chi connectivity index (χ2v) is 13.8. The van der Waals surface area contributed by atoms with E-state index >= 15 is 4.39 Å². The number of piperidine rings is 1. The number of carbonyl (C=O) groups excluding carboxylic acids is 1. The highest BCUT2D eigenvalue weighted by atomic mass is 19.4. The summed E-state index contributed by atoms with van der Waals surface area (Å²) in [4.78, 5) is 29.3. The van der Waals surface area contributed by atoms with Crippen molar-refractivity contribution in [2.24, 2.45) is 0 Å². The first-order valence-electron chi connectivity index (χ1n) is 17.3. The number of aromatic carboxylic acids is 1. The number of alkyl halides is 4. The molecule has 278 valence electrons. The van der Waals surface area contributed by atoms with Crippen LogP contribution in [0.1, 0.15) is 87.6 Å². The molecule has 1 fully saturated rings. The molecule has 0 spiro atoms. The van der Waals surface area contributed by atoms with E-state index in [9.17, 15) is 22.8 Å². The van der Waals surface area contributed by atoms with E-state index in [0.717, 1.165) is 45.1 Å². The summed E-state index contributed by atoms with van der Waals surface area (Å²) < 4.78 is 63.9. The van der Waals surface area contributed by atoms with Gasteiger partial charge in [-0.1, -0.05) is 50.5 Å². The third-order valence-corrected chi connectivity index (χ3v) is 8.51. The molecule has 1 aliphatic heterocycles. The number of fused-ring (bicyclic) bond motifs is 1. The Morgan fingerprint density at radius 3 is 2.41 bits per heavy atom. The van der Waals surface area contributed by atoms with Crippen LogP contribution in [0.3, 0.4) is 0 Å². The van der Waals surface area contributed by atoms with Crippen molar-refractivity contribution < 1.29 is 37.0 Å². The number of allylic oxidation sites excluding steroid dienone is 1. The molecule has 3 heterocycles. The number of hydrogen-bond acceptors (Lipinski definition) is 7. The van der Waals surface area contributed by atoms with E-state index in [1.165, 1.54) is 12.1 Å². The van der Waals surface area contributed by atoms with Crippen molar-refractivity contribution in [1.29, 1.82) is 0 Å². The van der Waals surface area contributed by atoms with Gasteiger partial charge in [-0.15, -0.1) is 0 Å². The normalized spacial score (nSPS) is 17.2. The number of anilines is 1. The average Bonchev–Trinajstić information content (AvgIpc) is 3.53. The minimum atomic E-state index is -4.71. The summed E-state index contributed by atoms with van der Waals surface area (Å²) in [6.45, 7) is 11.0. The molecule has 2 aromatic heterocycles. The summed E-state index contributed by atoms with van der Waals surface area (Å²) in [6.07, 6.45) is 4.81. The number of nitrogens with one attached hydrogen (secondary N) is 2. The Morgan fingerprint density at radius 1 is 1.06 bits per heavy atom. The van der Waals surface area contributed by atoms with Gasteiger partial charge in [0.05, 0.1) is 23.0 Å². The number of aromatic nitrogens is 3. The number of halogens is 4. The number of alkyl carbamates (subject to hydrolysis) is 1. The maximum absolute atomic E-state index is 15.5. The standard InChI is InChI=1S/C37H48F4N6O4/c1-25(37(39,40)41)33-27-14-11-15-30(28(27)23-26(43-33)13-12-18-42-35(50)51-36(2,3)4)44-31-16-21-46(24-29(31)38)19-9-7-5-6-8-10-20-47-22-17-32(45-47)34(48)49/h11-15,17,22-23,29,31,44H,1,5-10,16,18-21,24H2,2-4H3,(H,42,50)(H,48,49)/b13-12+/t29-,31+/m0/s1. The highest BCUT2D eigenvalue weighted by Gasteiger charge is 2.35. The number of hydrogen-bond donors (Lipinski definition) is 3. The Bertz CT molecular complexity index is 1680. The van der Waals surface area contributed by atoms with Gasteiger partial charge in [-0.2, -0.15) is 18.3 Å². The molecule has 0 aliphatic carbocycles. The molecular formula is C37H48F4N6O4. The van der Waals surface area contributed by atoms with Gasteiger partial charge in [0, 0.05) is 48.8 Å². The van der Waals surface area contributed by atoms with E-state index in [1.54, 1.807) is 62.0 Å². The first-order valence-corrected chi connectivity index (χ1v) is 17.3. The van der Waals surface area contributed by atoms with Gasteiger partial charge < -0.3 is 25.4 Å². The lowest BCUT2D eigenvalue weighted by Gasteiger charge is -2.35. The van der Waals surface area contributed by atoms with E-state index in [2.05, 4.69) is 32.2 Å². The van der Waals surface area contributed by atoms with Gasteiger partial charge in [-0.25, -0.2) is 19.0 Å². The maximum Gasteiger partial charge on any atom is 0.417 e. The fraction of sp³-hybridized carbons (Fsp3) is 0.514. The fourth-order valence-corrected chi connectivity index (χ4v) is 5.96. The number of unbranched alkanes of at least 4 members (excludes halogenated alkanes) is 5. The number of carboxylic acids is 1. The van der Waals surface area contributed by atoms with E-state index in [1.807, 2.05) is 0 Å². The van der Waals surface area contributed by atoms with Crippen LogP contribution < -0.4 is 10.6 Å². The molecule has 10 nitrogen and oxygen atoms in total. The van der Waals surface area contributed by atoms with Gasteiger partial charge in [-0.05, 0) is 70.9 Å². The molecule has 0 unspecified atom stereocenters. The minimum Gasteiger partial charge on any atom is -0.476 e. The van der Waals surface area contributed by atoms with Crippen LogP contribution in [0.5, 0.6) is 0 Å². The van der Waals surface area contributed by atoms with Gasteiger partial charge in [0.15, 0.2) is 5.69 Å². The highest BCUT2D eigenvalue weighted by Crippen LogP contribution is 2.37. The molecule has 1 aromatic carbocycles. The maximum atomic E-state index is 15.5. The number of carboxylic acid groups (broad SMARTS) is 1. The summed E-state index contributed by atoms with van der Waals surface area (Å²) in [5.74, 6) is -1.03. The van der Waals surface area contributed by atoms with Gasteiger partial charge >= 0.3 is 18.2 Å². The quantitative estimate of drug-likeness (QED) is 0.100. The molecule has 51 heavy (non-hydrogen) atoms. The van der Waals surface area contributed by atoms with Gasteiger partial charge in [0.25, 0.3) is 0 Å². The van der Waals surface area contributed by atoms with E-state index in [4.69, 9.17) is 9.84 Å². The predicted octanol–water partition coefficient (Wildman–Crippen LogP) is 8.11. The number of pyridine rings is 1. The van der Waals surface area contributed by atoms with Crippen LogP contribution in [-0.2, 0) is 11.3 Å². The first kappa shape index (κ1) is 39.3. The Balaban J connectivity index is 1.30. The molecule has 1 saturated heterocycles. The van der Waals surface area contributed by atoms with Crippen molar-refractivity contribution in [3.8, 4) is 0 Å². The second-order valence-electron chi connectivity index (χ2n) is 13.8. The lowest BCUT2D eigenvalue weighted by atomic mass is 9.99. The van der Waals surface area contributed by atoms with Crippen LogP contribution in [0.15, 0.2) is 49.2 Å². The number of aryl methyl sites for hydroxylation is 1. The van der Waals surface area contributed by atoms with Crippen molar-refractivity contribution in [3.05, 3.63) is 66.3 Å². The molecule has 3 N–H and O–H groups in total. The predicted molar refractivity (Wildman–Crippen MR) is 190 cm³/mol. The number of rotatable bonds is 16. The largest absolute Gasteiger partial charge is 0.476 e. The summed E-state index contributed by atoms with van der Waals surface area (Å²) in [7, 11) is 0. The molecular weight excluding hydrogens is 668 g/mol. The molecule has 0 saturated carbocycles. The smallest absolute Gasteiger partial charge is 0.417 e. The first-order chi connectivity index (χ1) is 24.1. The van der Waals surface area contributed by atoms with E-state index in [-0.39, 0.29) is 35.6 Å². The van der Waals surface area contributed by atoms with E-state index < -0.39 is 41.6 Å². The Labute approximate surface area is 295 Å². The average molecular weight is 717 g/mol. The Morgan fingerprint density at radius 2 is 1.76 bits per heavy atom. The molecule has 3 aromatic rings. The summed E-state index contributed by atoms with van der Waals surface area (Å²) in [5, 5.41) is 19.5. The number of carbonyl (C=O) groups is 2. The van der Waals surface area contributed by atoms with Crippen LogP contribution in [-0.4, -0.2) is 87.0 Å². The molecule has 0 radical (unpaired) electrons. The number of ether oxygens (including phenoxy) is 1. The van der Waals surface area contributed by atoms with Crippen LogP contribution in [0.25, 0.3) is 22.4 Å². The van der Waals surface area contributed by atoms with E-state index in [0.29, 0.717) is 30.6 Å². The number of nitrogens with zero attached hydrogens (tertiary/aromatic N) is 4. The minimum absolute atomic E-state index is 0.0485. The summed E-state index contributed by atoms with van der Waals surface area (Å²) in [6, 6.07) is 7.50. The molecule has 1 aliphatic rings. The fourth-order valence-electron chi connectivity index (χ4n) is 5.96. The molecule has 1 amide bonds. The molecule has 2 atom stereocenters. The summed E-state index contributed by atoms with van der Waals surface area (Å²) >= 11 is 0. The zero-order chi connectivity index (χ0) is 37.2. The van der Waals surface area contributed by atoms with Crippen LogP contribution in [0, 0.1) is 0 Å². The van der Waals surface area contributed by atoms with Crippen molar-refractivity contribution in [2.75, 3.05) is 31.5 Å². The Kier molecular flexibility index (Phi) is 13.6. The lowest BCUT2D eigenvalue weighted by molar-refractivity contribution is -0.0688. The molecule has 0 bridgehead atoms. The van der Waals surface area contributed by atoms with Crippen molar-refractivity contribution >= 4 is 40.2 Å². The van der Waals surface area contributed by atoms with Crippen molar-refractivity contribution in [3.63, 3.8) is 0 Å². The third-order valence-electron chi connectivity index (χ3n) is 8.51. The van der Waals surface area contributed by atoms with Gasteiger partial charge in [0.2, 0.25) is 0 Å². The van der Waals surface area contributed by atoms with Gasteiger partial charge in [0.1, 0.15) is 11.8 Å². The number of benzene rings is 1. The third kappa shape index (κ3) is 12.1. The zero-order valence-corrected chi connectivity index (χ0v) is 29.4. The zero-order valence-electron chi connectivity index (χ0n) is 29.4. The monoisotopic (exact) mass is 716 g/mol. The highest BCUT2D eigenvalue weighted by molar-refractivity contribution is 6.01. The topological polar surface area (TPSA) is 122 Å². The van der Waals surface area contributed by atoms with Crippen molar-refractivity contribution in [1.82, 2.24) is 25.0 Å². The second kappa shape index (κ2) is 17.7. The number of likely N-dealkylation sites (tertiary alicyclic amines) is 1. The number of amides is 1. The lowest BCUT2D eigenvalue weighted by Crippen LogP contribution is -2.48. The van der Waals surface area contributed by atoms with Crippen LogP contribution in [0.2, 0.25) is 0 Å². The summed E-state index contributed by atoms with van der Waals surface area (Å²) in [5.41, 5.74) is -1.31. The van der Waals surface area contributed by atoms with Crippen LogP contribution in [0.4, 0.5) is 28.0 Å². The Hall–Kier alpha value is -4.46. The van der Waals surface area contributed by atoms with Crippen molar-refractivity contribution in [2.45, 2.75) is 96.3 Å². The SMILES string of the molecule is C=C(c1nc(/C=C/CNC(=O)OC(C)(C)C)cc2c(N[C@@H]3CCN(CCCCCCCCn4ccc(C(=O)O)n4)C[C@@H]3F)cccc12)C(F)(F)F. The van der Waals surface area contributed by atoms with Crippen LogP contribution >= 0.6 is 0 Å².